The molecule has 0 heterocycles. The zero-order valence-electron chi connectivity index (χ0n) is 12.4. The summed E-state index contributed by atoms with van der Waals surface area (Å²) in [6.45, 7) is 2.25. The van der Waals surface area contributed by atoms with Gasteiger partial charge in [0.1, 0.15) is 0 Å². The molecule has 0 saturated carbocycles. The fourth-order valence-electron chi connectivity index (χ4n) is 2.03. The van der Waals surface area contributed by atoms with Crippen molar-refractivity contribution in [1.82, 2.24) is 0 Å². The molecule has 0 amide bonds. The second-order valence-corrected chi connectivity index (χ2v) is 5.73. The van der Waals surface area contributed by atoms with Crippen LogP contribution >= 0.6 is 0 Å². The highest BCUT2D eigenvalue weighted by molar-refractivity contribution is 7.81. The van der Waals surface area contributed by atoms with Crippen molar-refractivity contribution >= 4 is 33.2 Å². The van der Waals surface area contributed by atoms with Gasteiger partial charge in [0, 0.05) is 11.5 Å². The summed E-state index contributed by atoms with van der Waals surface area (Å²) in [4.78, 5) is 11.5. The van der Waals surface area contributed by atoms with Crippen molar-refractivity contribution in [1.29, 1.82) is 0 Å². The fourth-order valence-corrected chi connectivity index (χ4v) is 2.41. The maximum Gasteiger partial charge on any atom is 0.446 e. The standard InChI is InChI=1S/C16H16O6S/c1-2-11-21-16(17)10-8-12-7-9-15(22-23(18,19)20)14-6-4-3-5-13(12)14/h3-10H,2,11H2,1H3,(H,18,19,20). The Labute approximate surface area is 134 Å². The Hall–Kier alpha value is -2.38. The smallest absolute Gasteiger partial charge is 0.446 e. The minimum atomic E-state index is -4.61. The Kier molecular flexibility index (Phi) is 5.36. The molecule has 0 atom stereocenters. The van der Waals surface area contributed by atoms with Crippen LogP contribution in [-0.2, 0) is 19.9 Å². The lowest BCUT2D eigenvalue weighted by molar-refractivity contribution is -0.137. The monoisotopic (exact) mass is 336 g/mol. The van der Waals surface area contributed by atoms with Gasteiger partial charge in [-0.25, -0.2) is 4.79 Å². The average molecular weight is 336 g/mol. The third-order valence-corrected chi connectivity index (χ3v) is 3.35. The number of carbonyl (C=O) groups excluding carboxylic acids is 1. The van der Waals surface area contributed by atoms with Crippen LogP contribution in [0, 0.1) is 0 Å². The Morgan fingerprint density at radius 2 is 1.87 bits per heavy atom. The van der Waals surface area contributed by atoms with Gasteiger partial charge in [-0.05, 0) is 29.5 Å². The topological polar surface area (TPSA) is 89.9 Å². The normalized spacial score (nSPS) is 11.7. The molecule has 0 aliphatic rings. The van der Waals surface area contributed by atoms with Crippen LogP contribution in [0.2, 0.25) is 0 Å². The predicted octanol–water partition coefficient (Wildman–Crippen LogP) is 2.99. The highest BCUT2D eigenvalue weighted by Gasteiger charge is 2.11. The van der Waals surface area contributed by atoms with Crippen molar-refractivity contribution in [3.05, 3.63) is 48.0 Å². The minimum Gasteiger partial charge on any atom is -0.463 e. The zero-order chi connectivity index (χ0) is 16.9. The van der Waals surface area contributed by atoms with E-state index in [0.29, 0.717) is 22.9 Å². The predicted molar refractivity (Wildman–Crippen MR) is 86.4 cm³/mol. The summed E-state index contributed by atoms with van der Waals surface area (Å²) in [6, 6.07) is 9.89. The van der Waals surface area contributed by atoms with Crippen molar-refractivity contribution in [3.8, 4) is 5.75 Å². The second-order valence-electron chi connectivity index (χ2n) is 4.71. The first-order valence-corrected chi connectivity index (χ1v) is 8.30. The van der Waals surface area contributed by atoms with Gasteiger partial charge in [0.2, 0.25) is 0 Å². The molecule has 0 fully saturated rings. The molecule has 2 aromatic rings. The summed E-state index contributed by atoms with van der Waals surface area (Å²) in [5.74, 6) is -0.442. The molecule has 6 nitrogen and oxygen atoms in total. The number of hydrogen-bond donors (Lipinski definition) is 1. The number of hydrogen-bond acceptors (Lipinski definition) is 5. The van der Waals surface area contributed by atoms with Crippen molar-refractivity contribution < 1.29 is 26.7 Å². The molecule has 2 rings (SSSR count). The first kappa shape index (κ1) is 17.0. The molecule has 7 heteroatoms. The lowest BCUT2D eigenvalue weighted by Crippen LogP contribution is -2.07. The van der Waals surface area contributed by atoms with E-state index in [2.05, 4.69) is 4.18 Å². The van der Waals surface area contributed by atoms with E-state index < -0.39 is 16.4 Å². The van der Waals surface area contributed by atoms with Gasteiger partial charge in [-0.2, -0.15) is 8.42 Å². The Bertz CT molecular complexity index is 839. The van der Waals surface area contributed by atoms with Gasteiger partial charge in [-0.3, -0.25) is 4.55 Å². The summed E-state index contributed by atoms with van der Waals surface area (Å²) in [5, 5.41) is 1.17. The third-order valence-electron chi connectivity index (χ3n) is 2.96. The van der Waals surface area contributed by atoms with E-state index in [1.54, 1.807) is 36.4 Å². The summed E-state index contributed by atoms with van der Waals surface area (Å²) in [6.07, 6.45) is 3.63. The Morgan fingerprint density at radius 1 is 1.17 bits per heavy atom. The second kappa shape index (κ2) is 7.26. The van der Waals surface area contributed by atoms with E-state index in [1.807, 2.05) is 6.92 Å². The van der Waals surface area contributed by atoms with Crippen LogP contribution in [0.1, 0.15) is 18.9 Å². The molecule has 0 saturated heterocycles. The number of rotatable bonds is 6. The molecule has 0 aromatic heterocycles. The van der Waals surface area contributed by atoms with Crippen LogP contribution in [-0.4, -0.2) is 25.5 Å². The van der Waals surface area contributed by atoms with Crippen LogP contribution in [0.5, 0.6) is 5.75 Å². The zero-order valence-corrected chi connectivity index (χ0v) is 13.2. The maximum atomic E-state index is 11.5. The fraction of sp³-hybridized carbons (Fsp3) is 0.188. The van der Waals surface area contributed by atoms with Gasteiger partial charge < -0.3 is 8.92 Å². The molecule has 122 valence electrons. The molecular formula is C16H16O6S. The van der Waals surface area contributed by atoms with Crippen LogP contribution in [0.25, 0.3) is 16.8 Å². The van der Waals surface area contributed by atoms with Crippen molar-refractivity contribution in [3.63, 3.8) is 0 Å². The number of ether oxygens (including phenoxy) is 1. The summed E-state index contributed by atoms with van der Waals surface area (Å²) in [7, 11) is -4.61. The van der Waals surface area contributed by atoms with Gasteiger partial charge in [0.25, 0.3) is 0 Å². The Morgan fingerprint density at radius 3 is 2.52 bits per heavy atom. The van der Waals surface area contributed by atoms with Crippen LogP contribution in [0.3, 0.4) is 0 Å². The van der Waals surface area contributed by atoms with E-state index in [9.17, 15) is 13.2 Å². The van der Waals surface area contributed by atoms with Gasteiger partial charge in [0.05, 0.1) is 6.61 Å². The number of carbonyl (C=O) groups is 1. The highest BCUT2D eigenvalue weighted by Crippen LogP contribution is 2.30. The molecule has 0 unspecified atom stereocenters. The molecular weight excluding hydrogens is 320 g/mol. The SMILES string of the molecule is CCCOC(=O)C=Cc1ccc(OS(=O)(=O)O)c2ccccc12. The molecule has 2 aromatic carbocycles. The van der Waals surface area contributed by atoms with Crippen molar-refractivity contribution in [2.24, 2.45) is 0 Å². The minimum absolute atomic E-state index is 0.00816. The first-order valence-electron chi connectivity index (χ1n) is 6.94. The van der Waals surface area contributed by atoms with Crippen LogP contribution in [0.4, 0.5) is 0 Å². The molecule has 0 bridgehead atoms. The Balaban J connectivity index is 2.38. The average Bonchev–Trinajstić information content (AvgIpc) is 2.51. The maximum absolute atomic E-state index is 11.5. The number of fused-ring (bicyclic) bond motifs is 1. The van der Waals surface area contributed by atoms with Crippen molar-refractivity contribution in [2.75, 3.05) is 6.61 Å². The molecule has 1 N–H and O–H groups in total. The van der Waals surface area contributed by atoms with E-state index in [0.717, 1.165) is 6.42 Å². The van der Waals surface area contributed by atoms with Gasteiger partial charge in [-0.15, -0.1) is 0 Å². The molecule has 0 aliphatic heterocycles. The van der Waals surface area contributed by atoms with Gasteiger partial charge in [0.15, 0.2) is 5.75 Å². The van der Waals surface area contributed by atoms with Crippen LogP contribution in [0.15, 0.2) is 42.5 Å². The van der Waals surface area contributed by atoms with Crippen molar-refractivity contribution in [2.45, 2.75) is 13.3 Å². The first-order chi connectivity index (χ1) is 10.9. The summed E-state index contributed by atoms with van der Waals surface area (Å²) >= 11 is 0. The van der Waals surface area contributed by atoms with E-state index >= 15 is 0 Å². The van der Waals surface area contributed by atoms with E-state index in [4.69, 9.17) is 9.29 Å². The highest BCUT2D eigenvalue weighted by atomic mass is 32.3. The molecule has 0 radical (unpaired) electrons. The molecule has 23 heavy (non-hydrogen) atoms. The summed E-state index contributed by atoms with van der Waals surface area (Å²) < 4.78 is 40.2. The van der Waals surface area contributed by atoms with E-state index in [1.165, 1.54) is 12.1 Å². The third kappa shape index (κ3) is 4.80. The van der Waals surface area contributed by atoms with E-state index in [-0.39, 0.29) is 5.75 Å². The number of esters is 1. The quantitative estimate of drug-likeness (QED) is 0.495. The van der Waals surface area contributed by atoms with Gasteiger partial charge >= 0.3 is 16.4 Å². The lowest BCUT2D eigenvalue weighted by atomic mass is 10.0. The number of benzene rings is 2. The van der Waals surface area contributed by atoms with Gasteiger partial charge in [-0.1, -0.05) is 37.3 Å². The lowest BCUT2D eigenvalue weighted by Gasteiger charge is -2.08. The largest absolute Gasteiger partial charge is 0.463 e. The molecule has 0 spiro atoms. The summed E-state index contributed by atoms with van der Waals surface area (Å²) in [5.41, 5.74) is 0.691. The molecule has 0 aliphatic carbocycles. The van der Waals surface area contributed by atoms with Crippen LogP contribution < -0.4 is 4.18 Å².